The van der Waals surface area contributed by atoms with Gasteiger partial charge in [0.2, 0.25) is 0 Å². The van der Waals surface area contributed by atoms with Gasteiger partial charge < -0.3 is 9.84 Å². The van der Waals surface area contributed by atoms with E-state index in [1.807, 2.05) is 24.3 Å². The second-order valence-electron chi connectivity index (χ2n) is 3.68. The fourth-order valence-electron chi connectivity index (χ4n) is 1.47. The molecule has 1 aliphatic carbocycles. The van der Waals surface area contributed by atoms with E-state index in [0.29, 0.717) is 6.61 Å². The molecule has 0 radical (unpaired) electrons. The number of ether oxygens (including phenoxy) is 1. The standard InChI is InChI=1S/C11H13BrO2/c12-9-3-1-8(2-4-9)7-14-11-5-10(13)6-11/h1-4,10-11,13H,5-7H2. The molecule has 0 bridgehead atoms. The summed E-state index contributed by atoms with van der Waals surface area (Å²) >= 11 is 3.38. The lowest BCUT2D eigenvalue weighted by molar-refractivity contribution is -0.0778. The SMILES string of the molecule is OC1CC(OCc2ccc(Br)cc2)C1. The van der Waals surface area contributed by atoms with Gasteiger partial charge in [0.15, 0.2) is 0 Å². The highest BCUT2D eigenvalue weighted by molar-refractivity contribution is 9.10. The van der Waals surface area contributed by atoms with Crippen LogP contribution in [0.15, 0.2) is 28.7 Å². The molecule has 1 N–H and O–H groups in total. The topological polar surface area (TPSA) is 29.5 Å². The monoisotopic (exact) mass is 256 g/mol. The molecule has 1 fully saturated rings. The fourth-order valence-corrected chi connectivity index (χ4v) is 1.73. The third kappa shape index (κ3) is 2.56. The van der Waals surface area contributed by atoms with Crippen LogP contribution in [-0.4, -0.2) is 17.3 Å². The van der Waals surface area contributed by atoms with Gasteiger partial charge in [-0.05, 0) is 30.5 Å². The Morgan fingerprint density at radius 3 is 2.50 bits per heavy atom. The van der Waals surface area contributed by atoms with Crippen LogP contribution in [0, 0.1) is 0 Å². The van der Waals surface area contributed by atoms with Crippen molar-refractivity contribution < 1.29 is 9.84 Å². The highest BCUT2D eigenvalue weighted by Crippen LogP contribution is 2.24. The smallest absolute Gasteiger partial charge is 0.0720 e. The maximum Gasteiger partial charge on any atom is 0.0720 e. The molecule has 14 heavy (non-hydrogen) atoms. The summed E-state index contributed by atoms with van der Waals surface area (Å²) in [4.78, 5) is 0. The normalized spacial score (nSPS) is 25.9. The van der Waals surface area contributed by atoms with Gasteiger partial charge in [-0.3, -0.25) is 0 Å². The van der Waals surface area contributed by atoms with Gasteiger partial charge in [0.1, 0.15) is 0 Å². The van der Waals surface area contributed by atoms with Crippen molar-refractivity contribution in [3.8, 4) is 0 Å². The van der Waals surface area contributed by atoms with E-state index in [1.165, 1.54) is 5.56 Å². The van der Waals surface area contributed by atoms with Gasteiger partial charge in [-0.1, -0.05) is 28.1 Å². The number of rotatable bonds is 3. The van der Waals surface area contributed by atoms with E-state index in [-0.39, 0.29) is 12.2 Å². The van der Waals surface area contributed by atoms with Crippen LogP contribution in [0.25, 0.3) is 0 Å². The number of aliphatic hydroxyl groups excluding tert-OH is 1. The van der Waals surface area contributed by atoms with Crippen molar-refractivity contribution in [1.29, 1.82) is 0 Å². The summed E-state index contributed by atoms with van der Waals surface area (Å²) < 4.78 is 6.68. The second kappa shape index (κ2) is 4.43. The van der Waals surface area contributed by atoms with Crippen molar-refractivity contribution in [2.45, 2.75) is 31.7 Å². The second-order valence-corrected chi connectivity index (χ2v) is 4.60. The van der Waals surface area contributed by atoms with Crippen molar-refractivity contribution in [3.05, 3.63) is 34.3 Å². The van der Waals surface area contributed by atoms with Crippen molar-refractivity contribution in [1.82, 2.24) is 0 Å². The Balaban J connectivity index is 1.78. The number of benzene rings is 1. The average molecular weight is 257 g/mol. The molecule has 1 saturated carbocycles. The minimum Gasteiger partial charge on any atom is -0.393 e. The third-order valence-corrected chi connectivity index (χ3v) is 3.00. The summed E-state index contributed by atoms with van der Waals surface area (Å²) in [6, 6.07) is 8.10. The number of hydrogen-bond acceptors (Lipinski definition) is 2. The predicted molar refractivity (Wildman–Crippen MR) is 58.0 cm³/mol. The number of halogens is 1. The third-order valence-electron chi connectivity index (χ3n) is 2.47. The first kappa shape index (κ1) is 10.1. The number of aliphatic hydroxyl groups is 1. The Morgan fingerprint density at radius 2 is 1.93 bits per heavy atom. The van der Waals surface area contributed by atoms with Gasteiger partial charge in [-0.15, -0.1) is 0 Å². The molecule has 1 aromatic carbocycles. The van der Waals surface area contributed by atoms with Crippen molar-refractivity contribution in [2.24, 2.45) is 0 Å². The highest BCUT2D eigenvalue weighted by Gasteiger charge is 2.27. The lowest BCUT2D eigenvalue weighted by atomic mass is 9.92. The molecule has 0 amide bonds. The molecular weight excluding hydrogens is 244 g/mol. The van der Waals surface area contributed by atoms with Gasteiger partial charge in [-0.2, -0.15) is 0 Å². The van der Waals surface area contributed by atoms with Crippen LogP contribution < -0.4 is 0 Å². The molecule has 2 rings (SSSR count). The van der Waals surface area contributed by atoms with E-state index in [9.17, 15) is 0 Å². The van der Waals surface area contributed by atoms with Crippen LogP contribution in [0.3, 0.4) is 0 Å². The van der Waals surface area contributed by atoms with Crippen molar-refractivity contribution >= 4 is 15.9 Å². The summed E-state index contributed by atoms with van der Waals surface area (Å²) in [5.74, 6) is 0. The quantitative estimate of drug-likeness (QED) is 0.901. The lowest BCUT2D eigenvalue weighted by Crippen LogP contribution is -2.35. The molecule has 0 spiro atoms. The van der Waals surface area contributed by atoms with Crippen molar-refractivity contribution in [3.63, 3.8) is 0 Å². The molecule has 0 atom stereocenters. The molecule has 0 unspecified atom stereocenters. The molecular formula is C11H13BrO2. The van der Waals surface area contributed by atoms with E-state index >= 15 is 0 Å². The summed E-state index contributed by atoms with van der Waals surface area (Å²) in [6.07, 6.45) is 1.70. The Kier molecular flexibility index (Phi) is 3.21. The zero-order chi connectivity index (χ0) is 9.97. The van der Waals surface area contributed by atoms with E-state index in [0.717, 1.165) is 17.3 Å². The van der Waals surface area contributed by atoms with Crippen LogP contribution in [0.2, 0.25) is 0 Å². The first-order chi connectivity index (χ1) is 6.74. The Hall–Kier alpha value is -0.380. The Morgan fingerprint density at radius 1 is 1.29 bits per heavy atom. The van der Waals surface area contributed by atoms with Crippen molar-refractivity contribution in [2.75, 3.05) is 0 Å². The van der Waals surface area contributed by atoms with Crippen LogP contribution in [0.4, 0.5) is 0 Å². The summed E-state index contributed by atoms with van der Waals surface area (Å²) in [7, 11) is 0. The van der Waals surface area contributed by atoms with Gasteiger partial charge in [0.05, 0.1) is 18.8 Å². The van der Waals surface area contributed by atoms with Crippen LogP contribution in [0.1, 0.15) is 18.4 Å². The lowest BCUT2D eigenvalue weighted by Gasteiger charge is -2.31. The maximum atomic E-state index is 9.07. The molecule has 1 aliphatic rings. The summed E-state index contributed by atoms with van der Waals surface area (Å²) in [6.45, 7) is 0.644. The molecule has 1 aromatic rings. The Labute approximate surface area is 92.0 Å². The first-order valence-electron chi connectivity index (χ1n) is 4.78. The fraction of sp³-hybridized carbons (Fsp3) is 0.455. The first-order valence-corrected chi connectivity index (χ1v) is 5.57. The molecule has 3 heteroatoms. The zero-order valence-electron chi connectivity index (χ0n) is 7.82. The zero-order valence-corrected chi connectivity index (χ0v) is 9.40. The average Bonchev–Trinajstić information content (AvgIpc) is 2.13. The summed E-state index contributed by atoms with van der Waals surface area (Å²) in [5, 5.41) is 9.07. The Bertz CT molecular complexity index is 291. The van der Waals surface area contributed by atoms with Crippen LogP contribution >= 0.6 is 15.9 Å². The largest absolute Gasteiger partial charge is 0.393 e. The van der Waals surface area contributed by atoms with E-state index in [1.54, 1.807) is 0 Å². The van der Waals surface area contributed by atoms with E-state index in [2.05, 4.69) is 15.9 Å². The molecule has 0 aromatic heterocycles. The molecule has 0 heterocycles. The van der Waals surface area contributed by atoms with Gasteiger partial charge >= 0.3 is 0 Å². The van der Waals surface area contributed by atoms with Gasteiger partial charge in [0.25, 0.3) is 0 Å². The van der Waals surface area contributed by atoms with Gasteiger partial charge in [0, 0.05) is 4.47 Å². The predicted octanol–water partition coefficient (Wildman–Crippen LogP) is 2.49. The molecule has 0 saturated heterocycles. The molecule has 76 valence electrons. The number of hydrogen-bond donors (Lipinski definition) is 1. The van der Waals surface area contributed by atoms with Gasteiger partial charge in [-0.25, -0.2) is 0 Å². The summed E-state index contributed by atoms with van der Waals surface area (Å²) in [5.41, 5.74) is 1.18. The minimum absolute atomic E-state index is 0.134. The van der Waals surface area contributed by atoms with Crippen LogP contribution in [0.5, 0.6) is 0 Å². The molecule has 0 aliphatic heterocycles. The molecule has 2 nitrogen and oxygen atoms in total. The maximum absolute atomic E-state index is 9.07. The highest BCUT2D eigenvalue weighted by atomic mass is 79.9. The minimum atomic E-state index is -0.134. The van der Waals surface area contributed by atoms with Crippen LogP contribution in [-0.2, 0) is 11.3 Å². The van der Waals surface area contributed by atoms with E-state index < -0.39 is 0 Å². The van der Waals surface area contributed by atoms with E-state index in [4.69, 9.17) is 9.84 Å².